The molecule has 0 bridgehead atoms. The first kappa shape index (κ1) is 19.6. The highest BCUT2D eigenvalue weighted by atomic mass is 16.6. The minimum atomic E-state index is -0.374. The van der Waals surface area contributed by atoms with Crippen molar-refractivity contribution in [1.29, 1.82) is 0 Å². The van der Waals surface area contributed by atoms with Gasteiger partial charge in [-0.15, -0.1) is 0 Å². The lowest BCUT2D eigenvalue weighted by molar-refractivity contribution is -0.384. The minimum Gasteiger partial charge on any atom is -0.362 e. The molecule has 0 radical (unpaired) electrons. The number of aromatic nitrogens is 4. The Labute approximate surface area is 173 Å². The number of nitrogens with one attached hydrogen (secondary N) is 1. The topological polar surface area (TPSA) is 113 Å². The van der Waals surface area contributed by atoms with Crippen LogP contribution in [0.3, 0.4) is 0 Å². The summed E-state index contributed by atoms with van der Waals surface area (Å²) >= 11 is 0. The molecule has 30 heavy (non-hydrogen) atoms. The zero-order valence-electron chi connectivity index (χ0n) is 17.1. The maximum Gasteiger partial charge on any atom is 0.292 e. The Morgan fingerprint density at radius 2 is 1.87 bits per heavy atom. The average Bonchev–Trinajstić information content (AvgIpc) is 3.31. The van der Waals surface area contributed by atoms with E-state index in [1.807, 2.05) is 25.8 Å². The van der Waals surface area contributed by atoms with Crippen molar-refractivity contribution in [1.82, 2.24) is 24.9 Å². The summed E-state index contributed by atoms with van der Waals surface area (Å²) in [6.45, 7) is 5.89. The lowest BCUT2D eigenvalue weighted by atomic mass is 10.1. The Hall–Kier alpha value is -3.69. The summed E-state index contributed by atoms with van der Waals surface area (Å²) in [4.78, 5) is 27.5. The number of para-hydroxylation sites is 2. The monoisotopic (exact) mass is 409 g/mol. The molecule has 1 fully saturated rings. The van der Waals surface area contributed by atoms with Crippen molar-refractivity contribution in [2.24, 2.45) is 7.05 Å². The highest BCUT2D eigenvalue weighted by Crippen LogP contribution is 2.29. The van der Waals surface area contributed by atoms with Crippen LogP contribution in [0.2, 0.25) is 0 Å². The maximum atomic E-state index is 12.9. The number of rotatable bonds is 4. The molecule has 10 nitrogen and oxygen atoms in total. The number of aryl methyl sites for hydroxylation is 2. The van der Waals surface area contributed by atoms with E-state index in [4.69, 9.17) is 0 Å². The number of nitrogens with zero attached hydrogens (tertiary/aromatic N) is 6. The van der Waals surface area contributed by atoms with Gasteiger partial charge in [0.1, 0.15) is 11.4 Å². The number of anilines is 1. The van der Waals surface area contributed by atoms with Gasteiger partial charge in [0.2, 0.25) is 0 Å². The minimum absolute atomic E-state index is 0.0812. The van der Waals surface area contributed by atoms with Crippen LogP contribution >= 0.6 is 0 Å². The lowest BCUT2D eigenvalue weighted by Crippen LogP contribution is -2.49. The molecule has 0 spiro atoms. The van der Waals surface area contributed by atoms with Gasteiger partial charge in [0.05, 0.1) is 16.3 Å². The standard InChI is InChI=1S/C20H23N7O3/c1-13-19(14(2)24(3)23-13)15-12-16(22-21-15)20(28)26-10-8-25(9-11-26)17-6-4-5-7-18(17)27(29)30/h4-7,12H,8-11H2,1-3H3,(H,21,22). The van der Waals surface area contributed by atoms with Crippen LogP contribution in [0.5, 0.6) is 0 Å². The molecule has 1 N–H and O–H groups in total. The van der Waals surface area contributed by atoms with Crippen molar-refractivity contribution in [2.45, 2.75) is 13.8 Å². The first-order valence-corrected chi connectivity index (χ1v) is 9.70. The van der Waals surface area contributed by atoms with Crippen molar-refractivity contribution in [3.63, 3.8) is 0 Å². The molecule has 2 aromatic heterocycles. The molecule has 0 unspecified atom stereocenters. The summed E-state index contributed by atoms with van der Waals surface area (Å²) in [6.07, 6.45) is 0. The van der Waals surface area contributed by atoms with Crippen LogP contribution in [-0.4, -0.2) is 61.9 Å². The number of amides is 1. The predicted octanol–water partition coefficient (Wildman–Crippen LogP) is 2.30. The number of hydrogen-bond acceptors (Lipinski definition) is 6. The molecule has 0 saturated carbocycles. The Kier molecular flexibility index (Phi) is 4.98. The van der Waals surface area contributed by atoms with Gasteiger partial charge in [0.25, 0.3) is 11.6 Å². The number of nitro benzene ring substituents is 1. The summed E-state index contributed by atoms with van der Waals surface area (Å²) in [6, 6.07) is 8.45. The summed E-state index contributed by atoms with van der Waals surface area (Å²) in [7, 11) is 1.88. The van der Waals surface area contributed by atoms with Crippen LogP contribution in [0, 0.1) is 24.0 Å². The summed E-state index contributed by atoms with van der Waals surface area (Å²) in [5.41, 5.74) is 4.55. The van der Waals surface area contributed by atoms with Crippen LogP contribution in [0.4, 0.5) is 11.4 Å². The molecule has 1 aliphatic rings. The SMILES string of the molecule is Cc1nn(C)c(C)c1-c1cc(C(=O)N2CCN(c3ccccc3[N+](=O)[O-])CC2)[nH]n1. The van der Waals surface area contributed by atoms with Crippen LogP contribution in [0.1, 0.15) is 21.9 Å². The number of carbonyl (C=O) groups excluding carboxylic acids is 1. The Morgan fingerprint density at radius 3 is 2.50 bits per heavy atom. The first-order chi connectivity index (χ1) is 14.4. The van der Waals surface area contributed by atoms with E-state index in [-0.39, 0.29) is 16.5 Å². The van der Waals surface area contributed by atoms with Crippen LogP contribution in [0.15, 0.2) is 30.3 Å². The normalized spacial score (nSPS) is 14.2. The van der Waals surface area contributed by atoms with Gasteiger partial charge in [-0.3, -0.25) is 24.7 Å². The molecule has 1 amide bonds. The van der Waals surface area contributed by atoms with Gasteiger partial charge in [-0.2, -0.15) is 10.2 Å². The third-order valence-corrected chi connectivity index (χ3v) is 5.56. The third kappa shape index (κ3) is 3.40. The third-order valence-electron chi connectivity index (χ3n) is 5.56. The van der Waals surface area contributed by atoms with Gasteiger partial charge in [-0.05, 0) is 26.0 Å². The van der Waals surface area contributed by atoms with Crippen LogP contribution in [0.25, 0.3) is 11.3 Å². The zero-order valence-corrected chi connectivity index (χ0v) is 17.1. The van der Waals surface area contributed by atoms with Crippen molar-refractivity contribution in [2.75, 3.05) is 31.1 Å². The summed E-state index contributed by atoms with van der Waals surface area (Å²) in [5, 5.41) is 22.9. The van der Waals surface area contributed by atoms with Crippen LogP contribution < -0.4 is 4.90 Å². The fourth-order valence-electron chi connectivity index (χ4n) is 3.91. The van der Waals surface area contributed by atoms with E-state index in [0.29, 0.717) is 43.3 Å². The van der Waals surface area contributed by atoms with E-state index in [0.717, 1.165) is 17.0 Å². The van der Waals surface area contributed by atoms with Gasteiger partial charge in [-0.1, -0.05) is 12.1 Å². The number of piperazine rings is 1. The first-order valence-electron chi connectivity index (χ1n) is 9.70. The quantitative estimate of drug-likeness (QED) is 0.522. The van der Waals surface area contributed by atoms with E-state index in [1.165, 1.54) is 6.07 Å². The highest BCUT2D eigenvalue weighted by Gasteiger charge is 2.27. The Balaban J connectivity index is 1.47. The second-order valence-electron chi connectivity index (χ2n) is 7.36. The largest absolute Gasteiger partial charge is 0.362 e. The molecule has 3 aromatic rings. The second kappa shape index (κ2) is 7.62. The van der Waals surface area contributed by atoms with E-state index >= 15 is 0 Å². The number of benzene rings is 1. The molecule has 1 aliphatic heterocycles. The van der Waals surface area contributed by atoms with E-state index in [2.05, 4.69) is 15.3 Å². The van der Waals surface area contributed by atoms with Crippen molar-refractivity contribution in [3.8, 4) is 11.3 Å². The molecule has 3 heterocycles. The van der Waals surface area contributed by atoms with Gasteiger partial charge in [0, 0.05) is 50.6 Å². The Bertz CT molecular complexity index is 1110. The highest BCUT2D eigenvalue weighted by molar-refractivity contribution is 5.93. The molecule has 1 aromatic carbocycles. The number of carbonyl (C=O) groups is 1. The van der Waals surface area contributed by atoms with Gasteiger partial charge < -0.3 is 9.80 Å². The number of H-pyrrole nitrogens is 1. The molecular weight excluding hydrogens is 386 g/mol. The molecule has 156 valence electrons. The van der Waals surface area contributed by atoms with Crippen molar-refractivity contribution < 1.29 is 9.72 Å². The molecule has 1 saturated heterocycles. The van der Waals surface area contributed by atoms with E-state index in [9.17, 15) is 14.9 Å². The van der Waals surface area contributed by atoms with E-state index in [1.54, 1.807) is 33.8 Å². The maximum absolute atomic E-state index is 12.9. The second-order valence-corrected chi connectivity index (χ2v) is 7.36. The average molecular weight is 409 g/mol. The predicted molar refractivity (Wildman–Crippen MR) is 111 cm³/mol. The fraction of sp³-hybridized carbons (Fsp3) is 0.350. The van der Waals surface area contributed by atoms with Crippen LogP contribution in [-0.2, 0) is 7.05 Å². The van der Waals surface area contributed by atoms with Crippen molar-refractivity contribution >= 4 is 17.3 Å². The fourth-order valence-corrected chi connectivity index (χ4v) is 3.91. The van der Waals surface area contributed by atoms with Gasteiger partial charge in [-0.25, -0.2) is 0 Å². The number of nitro groups is 1. The van der Waals surface area contributed by atoms with Crippen molar-refractivity contribution in [3.05, 3.63) is 57.5 Å². The molecule has 4 rings (SSSR count). The summed E-state index contributed by atoms with van der Waals surface area (Å²) < 4.78 is 1.79. The number of hydrogen-bond donors (Lipinski definition) is 1. The van der Waals surface area contributed by atoms with E-state index < -0.39 is 0 Å². The Morgan fingerprint density at radius 1 is 1.17 bits per heavy atom. The number of aromatic amines is 1. The smallest absolute Gasteiger partial charge is 0.292 e. The zero-order chi connectivity index (χ0) is 21.4. The molecule has 0 atom stereocenters. The molecular formula is C20H23N7O3. The molecule has 0 aliphatic carbocycles. The lowest BCUT2D eigenvalue weighted by Gasteiger charge is -2.35. The van der Waals surface area contributed by atoms with Gasteiger partial charge in [0.15, 0.2) is 0 Å². The molecule has 10 heteroatoms. The summed E-state index contributed by atoms with van der Waals surface area (Å²) in [5.74, 6) is -0.129. The van der Waals surface area contributed by atoms with Gasteiger partial charge >= 0.3 is 0 Å².